The number of carbonyl (C=O) groups is 1. The van der Waals surface area contributed by atoms with Gasteiger partial charge < -0.3 is 14.8 Å². The quantitative estimate of drug-likeness (QED) is 0.873. The second kappa shape index (κ2) is 7.79. The van der Waals surface area contributed by atoms with Crippen LogP contribution in [-0.4, -0.2) is 19.6 Å². The summed E-state index contributed by atoms with van der Waals surface area (Å²) in [4.78, 5) is 12.6. The van der Waals surface area contributed by atoms with Gasteiger partial charge in [-0.3, -0.25) is 4.79 Å². The summed E-state index contributed by atoms with van der Waals surface area (Å²) in [5.74, 6) is 0.612. The van der Waals surface area contributed by atoms with Crippen molar-refractivity contribution in [2.45, 2.75) is 27.4 Å². The molecule has 0 aliphatic rings. The average molecular weight is 313 g/mol. The Morgan fingerprint density at radius 1 is 1.13 bits per heavy atom. The monoisotopic (exact) mass is 313 g/mol. The summed E-state index contributed by atoms with van der Waals surface area (Å²) in [6.45, 7) is 6.87. The van der Waals surface area contributed by atoms with Crippen LogP contribution in [0.5, 0.6) is 5.75 Å². The first-order valence-electron chi connectivity index (χ1n) is 7.69. The van der Waals surface area contributed by atoms with Crippen molar-refractivity contribution < 1.29 is 14.3 Å². The maximum Gasteiger partial charge on any atom is 0.255 e. The molecule has 0 saturated heterocycles. The van der Waals surface area contributed by atoms with Gasteiger partial charge in [-0.2, -0.15) is 0 Å². The van der Waals surface area contributed by atoms with Crippen molar-refractivity contribution in [1.29, 1.82) is 0 Å². The molecule has 0 aliphatic heterocycles. The van der Waals surface area contributed by atoms with E-state index in [0.717, 1.165) is 28.1 Å². The summed E-state index contributed by atoms with van der Waals surface area (Å²) >= 11 is 0. The summed E-state index contributed by atoms with van der Waals surface area (Å²) in [7, 11) is 1.62. The van der Waals surface area contributed by atoms with Gasteiger partial charge in [-0.25, -0.2) is 0 Å². The molecule has 0 atom stereocenters. The molecule has 2 rings (SSSR count). The molecule has 0 saturated carbocycles. The fourth-order valence-electron chi connectivity index (χ4n) is 2.48. The molecule has 0 heterocycles. The van der Waals surface area contributed by atoms with E-state index in [9.17, 15) is 4.79 Å². The Morgan fingerprint density at radius 2 is 1.83 bits per heavy atom. The van der Waals surface area contributed by atoms with Gasteiger partial charge in [0.25, 0.3) is 5.91 Å². The number of benzene rings is 2. The Kier molecular flexibility index (Phi) is 5.77. The van der Waals surface area contributed by atoms with E-state index in [2.05, 4.69) is 5.32 Å². The maximum atomic E-state index is 12.6. The van der Waals surface area contributed by atoms with Crippen LogP contribution in [0.1, 0.15) is 34.0 Å². The van der Waals surface area contributed by atoms with E-state index in [1.807, 2.05) is 51.1 Å². The average Bonchev–Trinajstić information content (AvgIpc) is 2.53. The molecule has 23 heavy (non-hydrogen) atoms. The third-order valence-electron chi connectivity index (χ3n) is 3.64. The van der Waals surface area contributed by atoms with Crippen LogP contribution in [0.3, 0.4) is 0 Å². The van der Waals surface area contributed by atoms with Crippen LogP contribution in [0.15, 0.2) is 36.4 Å². The molecule has 4 heteroatoms. The Labute approximate surface area is 137 Å². The number of amides is 1. The largest absolute Gasteiger partial charge is 0.494 e. The number of ether oxygens (including phenoxy) is 2. The van der Waals surface area contributed by atoms with E-state index in [4.69, 9.17) is 9.47 Å². The number of anilines is 1. The molecule has 4 nitrogen and oxygen atoms in total. The van der Waals surface area contributed by atoms with Crippen LogP contribution in [0.4, 0.5) is 5.69 Å². The normalized spacial score (nSPS) is 10.4. The molecular formula is C19H23NO3. The van der Waals surface area contributed by atoms with Crippen molar-refractivity contribution in [2.24, 2.45) is 0 Å². The van der Waals surface area contributed by atoms with Crippen LogP contribution in [-0.2, 0) is 11.3 Å². The second-order valence-corrected chi connectivity index (χ2v) is 5.41. The van der Waals surface area contributed by atoms with Crippen molar-refractivity contribution in [3.8, 4) is 5.75 Å². The van der Waals surface area contributed by atoms with Crippen LogP contribution in [0.2, 0.25) is 0 Å². The molecule has 0 unspecified atom stereocenters. The van der Waals surface area contributed by atoms with Crippen molar-refractivity contribution in [3.05, 3.63) is 58.7 Å². The molecule has 0 bridgehead atoms. The van der Waals surface area contributed by atoms with Gasteiger partial charge in [0.1, 0.15) is 5.75 Å². The zero-order valence-electron chi connectivity index (χ0n) is 14.1. The molecule has 1 N–H and O–H groups in total. The summed E-state index contributed by atoms with van der Waals surface area (Å²) in [5, 5.41) is 2.99. The lowest BCUT2D eigenvalue weighted by Gasteiger charge is -2.14. The number of methoxy groups -OCH3 is 1. The van der Waals surface area contributed by atoms with Gasteiger partial charge in [-0.05, 0) is 50.1 Å². The lowest BCUT2D eigenvalue weighted by molar-refractivity contribution is 0.102. The molecule has 0 aromatic heterocycles. The maximum absolute atomic E-state index is 12.6. The van der Waals surface area contributed by atoms with E-state index in [0.29, 0.717) is 18.8 Å². The number of para-hydroxylation sites is 1. The van der Waals surface area contributed by atoms with E-state index in [1.54, 1.807) is 13.2 Å². The number of rotatable bonds is 6. The van der Waals surface area contributed by atoms with Gasteiger partial charge in [0.2, 0.25) is 0 Å². The van der Waals surface area contributed by atoms with Crippen molar-refractivity contribution in [2.75, 3.05) is 19.0 Å². The standard InChI is InChI=1S/C19H23NO3/c1-5-23-17-10-9-15(11-16(17)12-22-4)19(21)20-18-13(2)7-6-8-14(18)3/h6-11H,5,12H2,1-4H3,(H,20,21). The SMILES string of the molecule is CCOc1ccc(C(=O)Nc2c(C)cccc2C)cc1COC. The first-order valence-corrected chi connectivity index (χ1v) is 7.69. The summed E-state index contributed by atoms with van der Waals surface area (Å²) in [6.07, 6.45) is 0. The fraction of sp³-hybridized carbons (Fsp3) is 0.316. The first kappa shape index (κ1) is 17.0. The number of hydrogen-bond donors (Lipinski definition) is 1. The minimum absolute atomic E-state index is 0.136. The minimum atomic E-state index is -0.136. The highest BCUT2D eigenvalue weighted by Crippen LogP contribution is 2.24. The van der Waals surface area contributed by atoms with Gasteiger partial charge in [0.15, 0.2) is 0 Å². The summed E-state index contributed by atoms with van der Waals surface area (Å²) < 4.78 is 10.8. The van der Waals surface area contributed by atoms with E-state index in [-0.39, 0.29) is 5.91 Å². The lowest BCUT2D eigenvalue weighted by Crippen LogP contribution is -2.14. The van der Waals surface area contributed by atoms with E-state index < -0.39 is 0 Å². The van der Waals surface area contributed by atoms with E-state index >= 15 is 0 Å². The molecule has 2 aromatic rings. The second-order valence-electron chi connectivity index (χ2n) is 5.41. The molecule has 122 valence electrons. The molecule has 2 aromatic carbocycles. The topological polar surface area (TPSA) is 47.6 Å². The molecule has 0 spiro atoms. The highest BCUT2D eigenvalue weighted by Gasteiger charge is 2.12. The fourth-order valence-corrected chi connectivity index (χ4v) is 2.48. The number of carbonyl (C=O) groups excluding carboxylic acids is 1. The van der Waals surface area contributed by atoms with Crippen molar-refractivity contribution in [1.82, 2.24) is 0 Å². The highest BCUT2D eigenvalue weighted by atomic mass is 16.5. The third-order valence-corrected chi connectivity index (χ3v) is 3.64. The summed E-state index contributed by atoms with van der Waals surface area (Å²) in [5.41, 5.74) is 4.40. The summed E-state index contributed by atoms with van der Waals surface area (Å²) in [6, 6.07) is 11.4. The Morgan fingerprint density at radius 3 is 2.43 bits per heavy atom. The zero-order chi connectivity index (χ0) is 16.8. The molecule has 0 aliphatic carbocycles. The predicted octanol–water partition coefficient (Wildman–Crippen LogP) is 4.10. The van der Waals surface area contributed by atoms with Crippen LogP contribution < -0.4 is 10.1 Å². The van der Waals surface area contributed by atoms with Crippen LogP contribution in [0, 0.1) is 13.8 Å². The number of hydrogen-bond acceptors (Lipinski definition) is 3. The molecular weight excluding hydrogens is 290 g/mol. The van der Waals surface area contributed by atoms with Crippen LogP contribution >= 0.6 is 0 Å². The zero-order valence-corrected chi connectivity index (χ0v) is 14.1. The van der Waals surface area contributed by atoms with Gasteiger partial charge in [0.05, 0.1) is 13.2 Å². The Balaban J connectivity index is 2.27. The predicted molar refractivity (Wildman–Crippen MR) is 92.2 cm³/mol. The third kappa shape index (κ3) is 4.11. The molecule has 1 amide bonds. The number of nitrogens with one attached hydrogen (secondary N) is 1. The smallest absolute Gasteiger partial charge is 0.255 e. The van der Waals surface area contributed by atoms with Crippen molar-refractivity contribution in [3.63, 3.8) is 0 Å². The first-order chi connectivity index (χ1) is 11.1. The molecule has 0 fully saturated rings. The van der Waals surface area contributed by atoms with Crippen molar-refractivity contribution >= 4 is 11.6 Å². The van der Waals surface area contributed by atoms with Gasteiger partial charge in [-0.15, -0.1) is 0 Å². The van der Waals surface area contributed by atoms with E-state index in [1.165, 1.54) is 0 Å². The van der Waals surface area contributed by atoms with Gasteiger partial charge in [0, 0.05) is 23.9 Å². The number of aryl methyl sites for hydroxylation is 2. The van der Waals surface area contributed by atoms with Crippen LogP contribution in [0.25, 0.3) is 0 Å². The minimum Gasteiger partial charge on any atom is -0.494 e. The Hall–Kier alpha value is -2.33. The Bertz CT molecular complexity index is 675. The van der Waals surface area contributed by atoms with Gasteiger partial charge in [-0.1, -0.05) is 18.2 Å². The highest BCUT2D eigenvalue weighted by molar-refractivity contribution is 6.05. The lowest BCUT2D eigenvalue weighted by atomic mass is 10.1. The van der Waals surface area contributed by atoms with Gasteiger partial charge >= 0.3 is 0 Å². The molecule has 0 radical (unpaired) electrons.